The van der Waals surface area contributed by atoms with Crippen molar-refractivity contribution in [3.8, 4) is 11.5 Å². The Kier molecular flexibility index (Phi) is 23.6. The molecular weight excluding hydrogens is 831 g/mol. The molecule has 0 saturated heterocycles. The second kappa shape index (κ2) is 28.5. The van der Waals surface area contributed by atoms with E-state index in [0.29, 0.717) is 36.6 Å². The average molecular weight is 914 g/mol. The van der Waals surface area contributed by atoms with Crippen LogP contribution in [0.15, 0.2) is 47.7 Å². The van der Waals surface area contributed by atoms with E-state index in [-0.39, 0.29) is 77.0 Å². The number of nitrogens with zero attached hydrogens (tertiary/aromatic N) is 2. The number of hydrogen-bond donors (Lipinski definition) is 4. The van der Waals surface area contributed by atoms with Crippen molar-refractivity contribution in [2.45, 2.75) is 167 Å². The van der Waals surface area contributed by atoms with Gasteiger partial charge in [0.25, 0.3) is 0 Å². The Morgan fingerprint density at radius 3 is 2.25 bits per heavy atom. The Hall–Kier alpha value is -3.69. The molecule has 0 aromatic heterocycles. The fourth-order valence-corrected chi connectivity index (χ4v) is 9.73. The van der Waals surface area contributed by atoms with E-state index < -0.39 is 35.5 Å². The fourth-order valence-electron chi connectivity index (χ4n) is 9.73. The van der Waals surface area contributed by atoms with Gasteiger partial charge in [0.05, 0.1) is 44.7 Å². The van der Waals surface area contributed by atoms with Crippen molar-refractivity contribution >= 4 is 17.9 Å². The third-order valence-electron chi connectivity index (χ3n) is 12.7. The highest BCUT2D eigenvalue weighted by Crippen LogP contribution is 2.62. The molecule has 4 rings (SSSR count). The summed E-state index contributed by atoms with van der Waals surface area (Å²) >= 11 is 0. The van der Waals surface area contributed by atoms with Gasteiger partial charge in [-0.2, -0.15) is 0 Å². The number of nitrogens with one attached hydrogen (secondary N) is 1. The van der Waals surface area contributed by atoms with Crippen molar-refractivity contribution in [2.24, 2.45) is 22.9 Å². The maximum Gasteiger partial charge on any atom is 0.412 e. The van der Waals surface area contributed by atoms with Crippen LogP contribution in [0.4, 0.5) is 9.59 Å². The first-order valence-corrected chi connectivity index (χ1v) is 24.8. The number of aliphatic hydroxyl groups is 3. The van der Waals surface area contributed by atoms with Crippen LogP contribution >= 0.6 is 0 Å². The fraction of sp³-hybridized carbons (Fsp3) is 0.745. The lowest BCUT2D eigenvalue weighted by Gasteiger charge is -2.59. The van der Waals surface area contributed by atoms with Crippen LogP contribution in [0.2, 0.25) is 0 Å². The standard InChI is InChI=1S/C51H83N3O11/c1-7-10-11-12-13-14-15-16-17-22-32-61-49(59)54(27-33-60-34-30-57)45-37-43(53-65-50(4,5)6)41-35-38(23-18-20-28-55)40(24-19-21-29-56)46-42-36-39(63-48(58)52-9-3)25-26-44(42)64-51(45,47(41)46)62-31-8-2/h8,25-26,35-36,38,40,45-47,55-57H,2,7,9-24,27-34,37H2,1,3-6H3,(H,52,58). The van der Waals surface area contributed by atoms with E-state index in [1.165, 1.54) is 44.9 Å². The number of rotatable bonds is 31. The first-order chi connectivity index (χ1) is 31.5. The molecule has 14 nitrogen and oxygen atoms in total. The number of aliphatic hydroxyl groups excluding tert-OH is 3. The second-order valence-electron chi connectivity index (χ2n) is 18.7. The molecule has 1 aromatic carbocycles. The van der Waals surface area contributed by atoms with Gasteiger partial charge in [0, 0.05) is 44.2 Å². The van der Waals surface area contributed by atoms with Gasteiger partial charge in [-0.1, -0.05) is 94.9 Å². The molecule has 65 heavy (non-hydrogen) atoms. The van der Waals surface area contributed by atoms with E-state index in [4.69, 9.17) is 33.7 Å². The summed E-state index contributed by atoms with van der Waals surface area (Å²) in [5.41, 5.74) is 1.75. The largest absolute Gasteiger partial charge is 0.459 e. The zero-order valence-electron chi connectivity index (χ0n) is 40.4. The van der Waals surface area contributed by atoms with E-state index >= 15 is 0 Å². The summed E-state index contributed by atoms with van der Waals surface area (Å²) in [6.45, 7) is 15.0. The van der Waals surface area contributed by atoms with Crippen LogP contribution in [-0.2, 0) is 19.0 Å². The SMILES string of the molecule is C=CCOC12Oc3ccc(OC(=O)NCC)cc3C3C(CCCCO)C(CCCCO)C=C(C(=NOC(C)(C)C)CC1N(CCOCCO)C(=O)OCCCCCCCCCCCC)C32. The minimum Gasteiger partial charge on any atom is -0.459 e. The summed E-state index contributed by atoms with van der Waals surface area (Å²) in [5.74, 6) is -1.47. The lowest BCUT2D eigenvalue weighted by Crippen LogP contribution is -2.70. The van der Waals surface area contributed by atoms with Crippen LogP contribution in [-0.4, -0.2) is 115 Å². The van der Waals surface area contributed by atoms with Crippen molar-refractivity contribution in [3.05, 3.63) is 48.1 Å². The molecule has 368 valence electrons. The van der Waals surface area contributed by atoms with Gasteiger partial charge in [0.15, 0.2) is 0 Å². The summed E-state index contributed by atoms with van der Waals surface area (Å²) in [4.78, 5) is 35.4. The van der Waals surface area contributed by atoms with E-state index in [0.717, 1.165) is 56.1 Å². The number of fused-ring (bicyclic) bond motifs is 2. The first-order valence-electron chi connectivity index (χ1n) is 24.8. The normalized spacial score (nSPS) is 22.9. The number of allylic oxidation sites excluding steroid dienone is 1. The topological polar surface area (TPSA) is 178 Å². The number of ether oxygens (including phenoxy) is 5. The number of carbonyl (C=O) groups excluding carboxylic acids is 2. The van der Waals surface area contributed by atoms with Crippen LogP contribution in [0, 0.1) is 17.8 Å². The summed E-state index contributed by atoms with van der Waals surface area (Å²) in [7, 11) is 0. The highest BCUT2D eigenvalue weighted by atomic mass is 16.7. The van der Waals surface area contributed by atoms with E-state index in [9.17, 15) is 24.9 Å². The third-order valence-corrected chi connectivity index (χ3v) is 12.7. The quantitative estimate of drug-likeness (QED) is 0.0317. The molecule has 6 atom stereocenters. The van der Waals surface area contributed by atoms with Gasteiger partial charge in [-0.25, -0.2) is 9.59 Å². The van der Waals surface area contributed by atoms with Gasteiger partial charge in [-0.05, 0) is 95.4 Å². The number of unbranched alkanes of at least 4 members (excludes halogenated alkanes) is 11. The molecule has 0 bridgehead atoms. The van der Waals surface area contributed by atoms with Crippen molar-refractivity contribution in [2.75, 3.05) is 59.3 Å². The molecule has 2 aliphatic carbocycles. The van der Waals surface area contributed by atoms with Crippen molar-refractivity contribution in [3.63, 3.8) is 0 Å². The molecule has 1 aliphatic heterocycles. The molecule has 3 aliphatic rings. The highest BCUT2D eigenvalue weighted by molar-refractivity contribution is 6.03. The third kappa shape index (κ3) is 16.0. The molecule has 4 N–H and O–H groups in total. The van der Waals surface area contributed by atoms with E-state index in [2.05, 4.69) is 24.9 Å². The summed E-state index contributed by atoms with van der Waals surface area (Å²) in [6.07, 6.45) is 19.0. The van der Waals surface area contributed by atoms with Gasteiger partial charge in [-0.15, -0.1) is 6.58 Å². The van der Waals surface area contributed by atoms with Gasteiger partial charge in [0.1, 0.15) is 23.1 Å². The predicted molar refractivity (Wildman–Crippen MR) is 253 cm³/mol. The number of oxime groups is 1. The van der Waals surface area contributed by atoms with Gasteiger partial charge in [0.2, 0.25) is 5.79 Å². The van der Waals surface area contributed by atoms with Crippen LogP contribution in [0.1, 0.15) is 155 Å². The minimum atomic E-state index is -1.50. The molecule has 14 heteroatoms. The second-order valence-corrected chi connectivity index (χ2v) is 18.7. The zero-order chi connectivity index (χ0) is 47.1. The minimum absolute atomic E-state index is 0.0174. The van der Waals surface area contributed by atoms with Gasteiger partial charge < -0.3 is 49.2 Å². The molecule has 1 saturated carbocycles. The molecule has 2 amide bonds. The Balaban J connectivity index is 1.87. The molecule has 0 radical (unpaired) electrons. The zero-order valence-corrected chi connectivity index (χ0v) is 40.4. The molecule has 1 aromatic rings. The Bertz CT molecular complexity index is 1650. The van der Waals surface area contributed by atoms with Gasteiger partial charge >= 0.3 is 12.2 Å². The van der Waals surface area contributed by atoms with Crippen molar-refractivity contribution in [1.29, 1.82) is 0 Å². The lowest BCUT2D eigenvalue weighted by molar-refractivity contribution is -0.256. The maximum absolute atomic E-state index is 14.7. The van der Waals surface area contributed by atoms with Crippen LogP contribution < -0.4 is 14.8 Å². The van der Waals surface area contributed by atoms with Gasteiger partial charge in [-0.3, -0.25) is 4.90 Å². The Morgan fingerprint density at radius 2 is 1.60 bits per heavy atom. The Labute approximate surface area is 389 Å². The van der Waals surface area contributed by atoms with E-state index in [1.54, 1.807) is 17.0 Å². The maximum atomic E-state index is 14.7. The monoisotopic (exact) mass is 914 g/mol. The smallest absolute Gasteiger partial charge is 0.412 e. The number of amides is 2. The highest BCUT2D eigenvalue weighted by Gasteiger charge is 2.65. The van der Waals surface area contributed by atoms with Crippen LogP contribution in [0.3, 0.4) is 0 Å². The average Bonchev–Trinajstić information content (AvgIpc) is 3.28. The number of benzene rings is 1. The van der Waals surface area contributed by atoms with Crippen molar-refractivity contribution in [1.82, 2.24) is 10.2 Å². The van der Waals surface area contributed by atoms with Crippen LogP contribution in [0.25, 0.3) is 0 Å². The summed E-state index contributed by atoms with van der Waals surface area (Å²) < 4.78 is 32.1. The van der Waals surface area contributed by atoms with E-state index in [1.807, 2.05) is 39.8 Å². The van der Waals surface area contributed by atoms with Crippen molar-refractivity contribution < 1.29 is 53.4 Å². The summed E-state index contributed by atoms with van der Waals surface area (Å²) in [6, 6.07) is 4.59. The van der Waals surface area contributed by atoms with Crippen LogP contribution in [0.5, 0.6) is 11.5 Å². The first kappa shape index (κ1) is 53.9. The Morgan fingerprint density at radius 1 is 0.908 bits per heavy atom. The molecule has 6 unspecified atom stereocenters. The molecular formula is C51H83N3O11. The number of carbonyl (C=O) groups is 2. The number of hydrogen-bond acceptors (Lipinski definition) is 12. The molecule has 1 fully saturated rings. The predicted octanol–water partition coefficient (Wildman–Crippen LogP) is 9.60. The lowest BCUT2D eigenvalue weighted by atomic mass is 9.55. The molecule has 0 spiro atoms. The molecule has 1 heterocycles. The summed E-state index contributed by atoms with van der Waals surface area (Å²) in [5, 5.41) is 37.1.